The Kier molecular flexibility index (Phi) is 5.16. The second-order valence-corrected chi connectivity index (χ2v) is 6.72. The zero-order valence-corrected chi connectivity index (χ0v) is 13.9. The van der Waals surface area contributed by atoms with Gasteiger partial charge >= 0.3 is 12.1 Å². The number of ether oxygens (including phenoxy) is 1. The van der Waals surface area contributed by atoms with Crippen LogP contribution < -0.4 is 5.32 Å². The highest BCUT2D eigenvalue weighted by atomic mass is 16.6. The van der Waals surface area contributed by atoms with Crippen molar-refractivity contribution < 1.29 is 19.4 Å². The van der Waals surface area contributed by atoms with Crippen LogP contribution in [0.2, 0.25) is 0 Å². The molecule has 124 valence electrons. The number of rotatable bonds is 5. The number of carbonyl (C=O) groups is 2. The SMILES string of the molecule is CC(C)c1ncn(CC(C)(NC(=O)OC(C)(C)C)C(=O)O)n1. The van der Waals surface area contributed by atoms with Gasteiger partial charge in [-0.05, 0) is 27.7 Å². The minimum Gasteiger partial charge on any atom is -0.479 e. The van der Waals surface area contributed by atoms with Crippen molar-refractivity contribution in [2.24, 2.45) is 0 Å². The zero-order valence-electron chi connectivity index (χ0n) is 13.9. The van der Waals surface area contributed by atoms with E-state index in [0.717, 1.165) is 0 Å². The fraction of sp³-hybridized carbons (Fsp3) is 0.714. The summed E-state index contributed by atoms with van der Waals surface area (Å²) in [4.78, 5) is 27.5. The maximum absolute atomic E-state index is 11.8. The molecule has 0 saturated heterocycles. The molecule has 1 rings (SSSR count). The first-order chi connectivity index (χ1) is 9.93. The van der Waals surface area contributed by atoms with Crippen molar-refractivity contribution in [2.75, 3.05) is 0 Å². The number of carboxylic acids is 1. The van der Waals surface area contributed by atoms with E-state index in [4.69, 9.17) is 4.74 Å². The number of carbonyl (C=O) groups excluding carboxylic acids is 1. The molecule has 0 radical (unpaired) electrons. The first-order valence-electron chi connectivity index (χ1n) is 7.07. The van der Waals surface area contributed by atoms with Crippen molar-refractivity contribution in [3.63, 3.8) is 0 Å². The molecule has 1 amide bonds. The van der Waals surface area contributed by atoms with E-state index in [1.165, 1.54) is 17.9 Å². The number of aliphatic carboxylic acids is 1. The minimum atomic E-state index is -1.55. The van der Waals surface area contributed by atoms with Crippen LogP contribution in [0.3, 0.4) is 0 Å². The van der Waals surface area contributed by atoms with Crippen molar-refractivity contribution in [3.05, 3.63) is 12.2 Å². The van der Waals surface area contributed by atoms with E-state index in [-0.39, 0.29) is 12.5 Å². The number of amides is 1. The fourth-order valence-electron chi connectivity index (χ4n) is 1.66. The largest absolute Gasteiger partial charge is 0.479 e. The van der Waals surface area contributed by atoms with Gasteiger partial charge in [0.1, 0.15) is 11.9 Å². The van der Waals surface area contributed by atoms with Gasteiger partial charge in [0.25, 0.3) is 0 Å². The minimum absolute atomic E-state index is 0.0543. The molecule has 0 aliphatic heterocycles. The van der Waals surface area contributed by atoms with Crippen LogP contribution >= 0.6 is 0 Å². The Labute approximate surface area is 129 Å². The molecule has 2 N–H and O–H groups in total. The van der Waals surface area contributed by atoms with Crippen molar-refractivity contribution in [2.45, 2.75) is 65.1 Å². The zero-order chi connectivity index (χ0) is 17.1. The Morgan fingerprint density at radius 3 is 2.36 bits per heavy atom. The predicted octanol–water partition coefficient (Wildman–Crippen LogP) is 1.77. The van der Waals surface area contributed by atoms with Gasteiger partial charge in [-0.3, -0.25) is 0 Å². The molecule has 0 aromatic carbocycles. The van der Waals surface area contributed by atoms with Crippen molar-refractivity contribution in [1.29, 1.82) is 0 Å². The summed E-state index contributed by atoms with van der Waals surface area (Å²) in [6, 6.07) is 0. The molecule has 0 aliphatic carbocycles. The molecule has 1 aromatic heterocycles. The van der Waals surface area contributed by atoms with Crippen LogP contribution in [0.4, 0.5) is 4.79 Å². The van der Waals surface area contributed by atoms with Gasteiger partial charge in [-0.25, -0.2) is 19.3 Å². The van der Waals surface area contributed by atoms with E-state index in [2.05, 4.69) is 15.4 Å². The Morgan fingerprint density at radius 2 is 1.95 bits per heavy atom. The third-order valence-electron chi connectivity index (χ3n) is 2.80. The summed E-state index contributed by atoms with van der Waals surface area (Å²) in [5.41, 5.74) is -2.26. The van der Waals surface area contributed by atoms with Crippen LogP contribution in [0.1, 0.15) is 53.3 Å². The molecular formula is C14H24N4O4. The Morgan fingerprint density at radius 1 is 1.36 bits per heavy atom. The van der Waals surface area contributed by atoms with E-state index >= 15 is 0 Å². The van der Waals surface area contributed by atoms with Gasteiger partial charge in [-0.15, -0.1) is 0 Å². The third kappa shape index (κ3) is 5.01. The van der Waals surface area contributed by atoms with E-state index in [1.807, 2.05) is 13.8 Å². The lowest BCUT2D eigenvalue weighted by atomic mass is 10.0. The Bertz CT molecular complexity index is 547. The van der Waals surface area contributed by atoms with Crippen molar-refractivity contribution >= 4 is 12.1 Å². The second-order valence-electron chi connectivity index (χ2n) is 6.72. The number of nitrogens with zero attached hydrogens (tertiary/aromatic N) is 3. The highest BCUT2D eigenvalue weighted by Gasteiger charge is 2.37. The van der Waals surface area contributed by atoms with Crippen molar-refractivity contribution in [3.8, 4) is 0 Å². The molecular weight excluding hydrogens is 288 g/mol. The lowest BCUT2D eigenvalue weighted by Gasteiger charge is -2.28. The first kappa shape index (κ1) is 17.9. The quantitative estimate of drug-likeness (QED) is 0.858. The smallest absolute Gasteiger partial charge is 0.408 e. The summed E-state index contributed by atoms with van der Waals surface area (Å²) in [5.74, 6) is -0.430. The van der Waals surface area contributed by atoms with E-state index in [0.29, 0.717) is 5.82 Å². The summed E-state index contributed by atoms with van der Waals surface area (Å²) in [7, 11) is 0. The average molecular weight is 312 g/mol. The number of aromatic nitrogens is 3. The number of alkyl carbamates (subject to hydrolysis) is 1. The molecule has 8 heteroatoms. The summed E-state index contributed by atoms with van der Waals surface area (Å²) >= 11 is 0. The van der Waals surface area contributed by atoms with Gasteiger partial charge in [-0.2, -0.15) is 5.10 Å². The highest BCUT2D eigenvalue weighted by Crippen LogP contribution is 2.13. The molecule has 0 bridgehead atoms. The number of hydrogen-bond acceptors (Lipinski definition) is 5. The summed E-state index contributed by atoms with van der Waals surface area (Å²) < 4.78 is 6.51. The number of carboxylic acid groups (broad SMARTS) is 1. The van der Waals surface area contributed by atoms with Crippen LogP contribution in [0, 0.1) is 0 Å². The average Bonchev–Trinajstić information content (AvgIpc) is 2.73. The normalized spacial score (nSPS) is 14.5. The molecule has 1 aromatic rings. The van der Waals surface area contributed by atoms with Gasteiger partial charge in [0.05, 0.1) is 6.54 Å². The lowest BCUT2D eigenvalue weighted by molar-refractivity contribution is -0.144. The van der Waals surface area contributed by atoms with Gasteiger partial charge < -0.3 is 15.2 Å². The van der Waals surface area contributed by atoms with E-state index < -0.39 is 23.2 Å². The second kappa shape index (κ2) is 6.33. The van der Waals surface area contributed by atoms with Crippen LogP contribution in [-0.2, 0) is 16.1 Å². The van der Waals surface area contributed by atoms with Crippen LogP contribution in [-0.4, -0.2) is 43.1 Å². The van der Waals surface area contributed by atoms with Gasteiger partial charge in [0.15, 0.2) is 11.4 Å². The van der Waals surface area contributed by atoms with Gasteiger partial charge in [0, 0.05) is 5.92 Å². The monoisotopic (exact) mass is 312 g/mol. The van der Waals surface area contributed by atoms with Crippen LogP contribution in [0.25, 0.3) is 0 Å². The lowest BCUT2D eigenvalue weighted by Crippen LogP contribution is -2.56. The van der Waals surface area contributed by atoms with Crippen molar-refractivity contribution in [1.82, 2.24) is 20.1 Å². The highest BCUT2D eigenvalue weighted by molar-refractivity contribution is 5.83. The summed E-state index contributed by atoms with van der Waals surface area (Å²) in [6.07, 6.45) is 0.661. The summed E-state index contributed by atoms with van der Waals surface area (Å²) in [6.45, 7) is 10.3. The summed E-state index contributed by atoms with van der Waals surface area (Å²) in [5, 5.41) is 16.0. The third-order valence-corrected chi connectivity index (χ3v) is 2.80. The molecule has 22 heavy (non-hydrogen) atoms. The molecule has 0 saturated carbocycles. The number of hydrogen-bond donors (Lipinski definition) is 2. The van der Waals surface area contributed by atoms with E-state index in [9.17, 15) is 14.7 Å². The fourth-order valence-corrected chi connectivity index (χ4v) is 1.66. The van der Waals surface area contributed by atoms with Crippen LogP contribution in [0.5, 0.6) is 0 Å². The molecule has 0 spiro atoms. The predicted molar refractivity (Wildman–Crippen MR) is 79.5 cm³/mol. The number of nitrogens with one attached hydrogen (secondary N) is 1. The van der Waals surface area contributed by atoms with Gasteiger partial charge in [-0.1, -0.05) is 13.8 Å². The van der Waals surface area contributed by atoms with Gasteiger partial charge in [0.2, 0.25) is 0 Å². The molecule has 1 heterocycles. The topological polar surface area (TPSA) is 106 Å². The molecule has 1 unspecified atom stereocenters. The Balaban J connectivity index is 2.86. The molecule has 1 atom stereocenters. The van der Waals surface area contributed by atoms with E-state index in [1.54, 1.807) is 20.8 Å². The van der Waals surface area contributed by atoms with Crippen LogP contribution in [0.15, 0.2) is 6.33 Å². The maximum atomic E-state index is 11.8. The molecule has 0 aliphatic rings. The molecule has 0 fully saturated rings. The molecule has 8 nitrogen and oxygen atoms in total. The first-order valence-corrected chi connectivity index (χ1v) is 7.07. The maximum Gasteiger partial charge on any atom is 0.408 e. The standard InChI is InChI=1S/C14H24N4O4/c1-9(2)10-15-8-18(17-10)7-14(6,11(19)20)16-12(21)22-13(3,4)5/h8-9H,7H2,1-6H3,(H,16,21)(H,19,20). The Hall–Kier alpha value is -2.12.